The van der Waals surface area contributed by atoms with E-state index in [0.717, 1.165) is 19.0 Å². The van der Waals surface area contributed by atoms with Gasteiger partial charge in [-0.2, -0.15) is 0 Å². The van der Waals surface area contributed by atoms with Crippen molar-refractivity contribution in [3.05, 3.63) is 0 Å². The van der Waals surface area contributed by atoms with Gasteiger partial charge in [-0.25, -0.2) is 0 Å². The van der Waals surface area contributed by atoms with Gasteiger partial charge >= 0.3 is 6.00 Å². The van der Waals surface area contributed by atoms with Gasteiger partial charge in [0.05, 0.1) is 0 Å². The minimum Gasteiger partial charge on any atom is -0.330 e. The van der Waals surface area contributed by atoms with E-state index in [1.165, 1.54) is 180 Å². The molecule has 0 amide bonds. The molecule has 2 N–H and O–H groups in total. The van der Waals surface area contributed by atoms with E-state index >= 15 is 0 Å². The number of rotatable bonds is 31. The molecule has 0 spiro atoms. The van der Waals surface area contributed by atoms with Gasteiger partial charge in [-0.1, -0.05) is 180 Å². The van der Waals surface area contributed by atoms with E-state index in [1.807, 2.05) is 0 Å². The zero-order chi connectivity index (χ0) is 26.4. The van der Waals surface area contributed by atoms with Crippen LogP contribution in [0.5, 0.6) is 0 Å². The van der Waals surface area contributed by atoms with Gasteiger partial charge in [0.15, 0.2) is 0 Å². The first-order valence-electron chi connectivity index (χ1n) is 16.3. The van der Waals surface area contributed by atoms with E-state index in [9.17, 15) is 0 Å². The first-order valence-corrected chi connectivity index (χ1v) is 21.6. The molecular weight excluding hydrogens is 521 g/mol. The molecule has 218 valence electrons. The molecular formula is C31H64Cl3NSi. The summed E-state index contributed by atoms with van der Waals surface area (Å²) in [6.45, 7) is 0.869. The molecule has 0 saturated heterocycles. The molecule has 0 heterocycles. The van der Waals surface area contributed by atoms with Crippen molar-refractivity contribution in [3.63, 3.8) is 0 Å². The summed E-state index contributed by atoms with van der Waals surface area (Å²) in [5.41, 5.74) is 5.54. The van der Waals surface area contributed by atoms with E-state index in [1.54, 1.807) is 0 Å². The highest BCUT2D eigenvalue weighted by Crippen LogP contribution is 2.27. The highest BCUT2D eigenvalue weighted by atomic mass is 35.8. The second-order valence-electron chi connectivity index (χ2n) is 11.4. The van der Waals surface area contributed by atoms with Crippen LogP contribution in [0.1, 0.15) is 186 Å². The average Bonchev–Trinajstić information content (AvgIpc) is 2.84. The Kier molecular flexibility index (Phi) is 31.5. The molecule has 0 aromatic rings. The third-order valence-corrected chi connectivity index (χ3v) is 10.3. The fraction of sp³-hybridized carbons (Fsp3) is 1.00. The Morgan fingerprint density at radius 1 is 0.278 bits per heavy atom. The molecule has 0 bridgehead atoms. The average molecular weight is 585 g/mol. The second kappa shape index (κ2) is 30.6. The highest BCUT2D eigenvalue weighted by molar-refractivity contribution is 7.64. The van der Waals surface area contributed by atoms with Crippen LogP contribution in [-0.4, -0.2) is 12.5 Å². The van der Waals surface area contributed by atoms with E-state index in [0.29, 0.717) is 0 Å². The van der Waals surface area contributed by atoms with Gasteiger partial charge in [0, 0.05) is 0 Å². The van der Waals surface area contributed by atoms with Crippen LogP contribution < -0.4 is 5.73 Å². The predicted molar refractivity (Wildman–Crippen MR) is 171 cm³/mol. The Labute approximate surface area is 242 Å². The van der Waals surface area contributed by atoms with Crippen LogP contribution in [0.4, 0.5) is 0 Å². The molecule has 0 saturated carbocycles. The minimum atomic E-state index is -2.37. The first kappa shape index (κ1) is 37.0. The van der Waals surface area contributed by atoms with Crippen molar-refractivity contribution in [1.29, 1.82) is 0 Å². The summed E-state index contributed by atoms with van der Waals surface area (Å²) in [6, 6.07) is -1.54. The van der Waals surface area contributed by atoms with Crippen LogP contribution in [0.25, 0.3) is 0 Å². The number of halogens is 3. The summed E-state index contributed by atoms with van der Waals surface area (Å²) < 4.78 is 0. The SMILES string of the molecule is NCCCCCCCCCCCCCCCCCCCCCCCCCCCCCCC[Si](Cl)(Cl)Cl. The number of unbranched alkanes of at least 4 members (excludes halogenated alkanes) is 28. The van der Waals surface area contributed by atoms with Crippen molar-refractivity contribution in [2.75, 3.05) is 6.54 Å². The Morgan fingerprint density at radius 2 is 0.444 bits per heavy atom. The summed E-state index contributed by atoms with van der Waals surface area (Å²) in [5.74, 6) is 0. The van der Waals surface area contributed by atoms with E-state index in [4.69, 9.17) is 39.0 Å². The molecule has 0 radical (unpaired) electrons. The summed E-state index contributed by atoms with van der Waals surface area (Å²) in [5, 5.41) is 0. The zero-order valence-corrected chi connectivity index (χ0v) is 27.4. The Morgan fingerprint density at radius 3 is 0.611 bits per heavy atom. The quantitative estimate of drug-likeness (QED) is 0.0489. The van der Waals surface area contributed by atoms with Gasteiger partial charge in [0.25, 0.3) is 0 Å². The molecule has 0 aliphatic rings. The molecule has 36 heavy (non-hydrogen) atoms. The molecule has 0 rings (SSSR count). The molecule has 0 aliphatic heterocycles. The van der Waals surface area contributed by atoms with Gasteiger partial charge in [-0.15, -0.1) is 33.2 Å². The number of hydrogen-bond donors (Lipinski definition) is 1. The lowest BCUT2D eigenvalue weighted by atomic mass is 10.0. The topological polar surface area (TPSA) is 26.0 Å². The molecule has 0 fully saturated rings. The van der Waals surface area contributed by atoms with Crippen molar-refractivity contribution in [3.8, 4) is 0 Å². The van der Waals surface area contributed by atoms with Crippen LogP contribution >= 0.6 is 33.2 Å². The van der Waals surface area contributed by atoms with E-state index < -0.39 is 6.00 Å². The van der Waals surface area contributed by atoms with E-state index in [-0.39, 0.29) is 0 Å². The van der Waals surface area contributed by atoms with Crippen LogP contribution in [0.15, 0.2) is 0 Å². The standard InChI is InChI=1S/C31H64Cl3NSi/c32-36(33,34)31-29-27-25-23-21-19-17-15-13-11-9-7-5-3-1-2-4-6-8-10-12-14-16-18-20-22-24-26-28-30-35/h1-31,35H2. The van der Waals surface area contributed by atoms with Gasteiger partial charge in [-0.3, -0.25) is 0 Å². The second-order valence-corrected chi connectivity index (χ2v) is 20.7. The summed E-state index contributed by atoms with van der Waals surface area (Å²) in [4.78, 5) is 0. The van der Waals surface area contributed by atoms with Crippen LogP contribution in [-0.2, 0) is 0 Å². The minimum absolute atomic E-state index is 0.829. The van der Waals surface area contributed by atoms with Gasteiger partial charge < -0.3 is 5.73 Å². The number of hydrogen-bond acceptors (Lipinski definition) is 1. The third kappa shape index (κ3) is 35.0. The monoisotopic (exact) mass is 583 g/mol. The lowest BCUT2D eigenvalue weighted by molar-refractivity contribution is 0.513. The highest BCUT2D eigenvalue weighted by Gasteiger charge is 2.23. The third-order valence-electron chi connectivity index (χ3n) is 7.66. The molecule has 0 aliphatic carbocycles. The van der Waals surface area contributed by atoms with Crippen molar-refractivity contribution < 1.29 is 0 Å². The van der Waals surface area contributed by atoms with Crippen molar-refractivity contribution in [1.82, 2.24) is 0 Å². The molecule has 5 heteroatoms. The van der Waals surface area contributed by atoms with Crippen molar-refractivity contribution in [2.45, 2.75) is 192 Å². The van der Waals surface area contributed by atoms with Crippen molar-refractivity contribution in [2.24, 2.45) is 5.73 Å². The lowest BCUT2D eigenvalue weighted by Crippen LogP contribution is -2.07. The summed E-state index contributed by atoms with van der Waals surface area (Å²) in [7, 11) is 0. The predicted octanol–water partition coefficient (Wildman–Crippen LogP) is 12.9. The van der Waals surface area contributed by atoms with Crippen LogP contribution in [0, 0.1) is 0 Å². The molecule has 0 unspecified atom stereocenters. The molecule has 1 nitrogen and oxygen atoms in total. The normalized spacial score (nSPS) is 12.0. The fourth-order valence-corrected chi connectivity index (χ4v) is 7.10. The summed E-state index contributed by atoms with van der Waals surface area (Å²) >= 11 is 17.8. The number of nitrogens with two attached hydrogens (primary N) is 1. The smallest absolute Gasteiger partial charge is 0.330 e. The van der Waals surface area contributed by atoms with Gasteiger partial charge in [0.2, 0.25) is 0 Å². The Hall–Kier alpha value is 1.05. The van der Waals surface area contributed by atoms with E-state index in [2.05, 4.69) is 0 Å². The van der Waals surface area contributed by atoms with Crippen molar-refractivity contribution >= 4 is 39.2 Å². The Balaban J connectivity index is 3.03. The fourth-order valence-electron chi connectivity index (χ4n) is 5.24. The molecule has 0 atom stereocenters. The van der Waals surface area contributed by atoms with Crippen LogP contribution in [0.2, 0.25) is 6.04 Å². The summed E-state index contributed by atoms with van der Waals surface area (Å²) in [6.07, 6.45) is 40.9. The largest absolute Gasteiger partial charge is 0.341 e. The Bertz CT molecular complexity index is 404. The van der Waals surface area contributed by atoms with Gasteiger partial charge in [0.1, 0.15) is 0 Å². The maximum absolute atomic E-state index is 5.92. The van der Waals surface area contributed by atoms with Gasteiger partial charge in [-0.05, 0) is 19.0 Å². The lowest BCUT2D eigenvalue weighted by Gasteiger charge is -2.07. The molecule has 0 aromatic carbocycles. The zero-order valence-electron chi connectivity index (χ0n) is 24.1. The van der Waals surface area contributed by atoms with Crippen LogP contribution in [0.3, 0.4) is 0 Å². The molecule has 0 aromatic heterocycles. The first-order chi connectivity index (χ1) is 17.6. The maximum atomic E-state index is 5.92. The maximum Gasteiger partial charge on any atom is 0.341 e.